The molecule has 3 rings (SSSR count). The number of benzene rings is 2. The summed E-state index contributed by atoms with van der Waals surface area (Å²) in [6, 6.07) is 12.3. The maximum absolute atomic E-state index is 11.9. The predicted molar refractivity (Wildman–Crippen MR) is 102 cm³/mol. The SMILES string of the molecule is CCCc1cc2cc(S(C)(=O)=O)ccc2n1-c1cccc(C(=O)O)c1C. The van der Waals surface area contributed by atoms with Crippen LogP contribution in [0, 0.1) is 6.92 Å². The van der Waals surface area contributed by atoms with E-state index in [0.29, 0.717) is 5.56 Å². The minimum absolute atomic E-state index is 0.263. The van der Waals surface area contributed by atoms with Crippen LogP contribution in [0.2, 0.25) is 0 Å². The van der Waals surface area contributed by atoms with Crippen LogP contribution in [-0.2, 0) is 16.3 Å². The van der Waals surface area contributed by atoms with E-state index in [1.54, 1.807) is 37.3 Å². The van der Waals surface area contributed by atoms with Crippen molar-refractivity contribution < 1.29 is 18.3 Å². The van der Waals surface area contributed by atoms with E-state index in [4.69, 9.17) is 0 Å². The molecule has 1 aromatic heterocycles. The van der Waals surface area contributed by atoms with Gasteiger partial charge in [-0.1, -0.05) is 19.4 Å². The Morgan fingerprint density at radius 2 is 1.88 bits per heavy atom. The second-order valence-corrected chi connectivity index (χ2v) is 8.48. The highest BCUT2D eigenvalue weighted by Crippen LogP contribution is 2.30. The maximum Gasteiger partial charge on any atom is 0.336 e. The molecular formula is C20H21NO4S. The Balaban J connectivity index is 2.33. The van der Waals surface area contributed by atoms with Gasteiger partial charge in [0.15, 0.2) is 9.84 Å². The molecule has 26 heavy (non-hydrogen) atoms. The van der Waals surface area contributed by atoms with E-state index in [0.717, 1.165) is 35.1 Å². The second-order valence-electron chi connectivity index (χ2n) is 6.47. The van der Waals surface area contributed by atoms with Crippen LogP contribution in [0.5, 0.6) is 0 Å². The van der Waals surface area contributed by atoms with Crippen LogP contribution in [0.15, 0.2) is 47.4 Å². The normalized spacial score (nSPS) is 11.8. The molecule has 0 unspecified atom stereocenters. The van der Waals surface area contributed by atoms with Crippen LogP contribution in [0.25, 0.3) is 16.6 Å². The van der Waals surface area contributed by atoms with Crippen LogP contribution in [0.4, 0.5) is 0 Å². The lowest BCUT2D eigenvalue weighted by molar-refractivity contribution is 0.0696. The summed E-state index contributed by atoms with van der Waals surface area (Å²) in [4.78, 5) is 11.8. The fraction of sp³-hybridized carbons (Fsp3) is 0.250. The summed E-state index contributed by atoms with van der Waals surface area (Å²) >= 11 is 0. The van der Waals surface area contributed by atoms with Crippen molar-refractivity contribution in [3.8, 4) is 5.69 Å². The monoisotopic (exact) mass is 371 g/mol. The zero-order valence-electron chi connectivity index (χ0n) is 15.0. The van der Waals surface area contributed by atoms with Crippen molar-refractivity contribution >= 4 is 26.7 Å². The third kappa shape index (κ3) is 3.12. The van der Waals surface area contributed by atoms with Crippen LogP contribution in [-0.4, -0.2) is 30.3 Å². The molecule has 0 fully saturated rings. The number of aryl methyl sites for hydroxylation is 1. The number of carboxylic acid groups (broad SMARTS) is 1. The molecule has 0 amide bonds. The topological polar surface area (TPSA) is 76.4 Å². The minimum Gasteiger partial charge on any atom is -0.478 e. The van der Waals surface area contributed by atoms with Gasteiger partial charge in [0.05, 0.1) is 16.0 Å². The van der Waals surface area contributed by atoms with Crippen molar-refractivity contribution in [1.82, 2.24) is 4.57 Å². The lowest BCUT2D eigenvalue weighted by Gasteiger charge is -2.15. The fourth-order valence-electron chi connectivity index (χ4n) is 3.30. The molecule has 0 aliphatic carbocycles. The summed E-state index contributed by atoms with van der Waals surface area (Å²) in [6.45, 7) is 3.87. The van der Waals surface area contributed by atoms with Crippen LogP contribution in [0.3, 0.4) is 0 Å². The number of aromatic carboxylic acids is 1. The second kappa shape index (κ2) is 6.61. The molecule has 1 heterocycles. The molecule has 6 heteroatoms. The molecule has 0 spiro atoms. The largest absolute Gasteiger partial charge is 0.478 e. The predicted octanol–water partition coefficient (Wildman–Crippen LogP) is 3.99. The van der Waals surface area contributed by atoms with Gasteiger partial charge >= 0.3 is 5.97 Å². The highest BCUT2D eigenvalue weighted by atomic mass is 32.2. The molecule has 0 saturated heterocycles. The number of hydrogen-bond donors (Lipinski definition) is 1. The first-order valence-electron chi connectivity index (χ1n) is 8.41. The van der Waals surface area contributed by atoms with E-state index < -0.39 is 15.8 Å². The van der Waals surface area contributed by atoms with Crippen molar-refractivity contribution in [3.05, 3.63) is 59.3 Å². The number of carbonyl (C=O) groups is 1. The number of carboxylic acids is 1. The number of fused-ring (bicyclic) bond motifs is 1. The molecule has 0 atom stereocenters. The number of nitrogens with zero attached hydrogens (tertiary/aromatic N) is 1. The maximum atomic E-state index is 11.9. The van der Waals surface area contributed by atoms with Crippen molar-refractivity contribution in [2.75, 3.05) is 6.26 Å². The number of rotatable bonds is 5. The zero-order valence-corrected chi connectivity index (χ0v) is 15.8. The number of aromatic nitrogens is 1. The fourth-order valence-corrected chi connectivity index (χ4v) is 3.96. The molecule has 0 radical (unpaired) electrons. The quantitative estimate of drug-likeness (QED) is 0.736. The number of sulfone groups is 1. The summed E-state index contributed by atoms with van der Waals surface area (Å²) in [5, 5.41) is 10.3. The van der Waals surface area contributed by atoms with E-state index >= 15 is 0 Å². The van der Waals surface area contributed by atoms with E-state index in [2.05, 4.69) is 6.92 Å². The lowest BCUT2D eigenvalue weighted by Crippen LogP contribution is -2.07. The first kappa shape index (κ1) is 18.2. The van der Waals surface area contributed by atoms with Gasteiger partial charge in [0.1, 0.15) is 0 Å². The molecule has 0 aliphatic heterocycles. The third-order valence-electron chi connectivity index (χ3n) is 4.56. The van der Waals surface area contributed by atoms with Gasteiger partial charge in [0.2, 0.25) is 0 Å². The van der Waals surface area contributed by atoms with Crippen molar-refractivity contribution in [2.24, 2.45) is 0 Å². The Kier molecular flexibility index (Phi) is 4.63. The Morgan fingerprint density at radius 3 is 2.50 bits per heavy atom. The highest BCUT2D eigenvalue weighted by molar-refractivity contribution is 7.90. The van der Waals surface area contributed by atoms with E-state index in [9.17, 15) is 18.3 Å². The summed E-state index contributed by atoms with van der Waals surface area (Å²) in [7, 11) is -3.29. The zero-order chi connectivity index (χ0) is 19.1. The van der Waals surface area contributed by atoms with E-state index in [1.807, 2.05) is 16.7 Å². The van der Waals surface area contributed by atoms with Gasteiger partial charge in [-0.3, -0.25) is 0 Å². The standard InChI is InChI=1S/C20H21NO4S/c1-4-6-15-11-14-12-16(26(3,24)25)9-10-19(14)21(15)18-8-5-7-17(13(18)2)20(22)23/h5,7-12H,4,6H2,1-3H3,(H,22,23). The molecule has 0 saturated carbocycles. The van der Waals surface area contributed by atoms with Gasteiger partial charge in [0, 0.05) is 23.0 Å². The first-order valence-corrected chi connectivity index (χ1v) is 10.3. The van der Waals surface area contributed by atoms with Crippen molar-refractivity contribution in [3.63, 3.8) is 0 Å². The van der Waals surface area contributed by atoms with Crippen molar-refractivity contribution in [2.45, 2.75) is 31.6 Å². The summed E-state index contributed by atoms with van der Waals surface area (Å²) in [6.07, 6.45) is 2.92. The summed E-state index contributed by atoms with van der Waals surface area (Å²) in [5.74, 6) is -0.961. The van der Waals surface area contributed by atoms with Crippen LogP contribution in [0.1, 0.15) is 35.0 Å². The van der Waals surface area contributed by atoms with Gasteiger partial charge in [-0.05, 0) is 55.3 Å². The molecule has 1 N–H and O–H groups in total. The Bertz CT molecular complexity index is 1110. The van der Waals surface area contributed by atoms with Gasteiger partial charge in [-0.25, -0.2) is 13.2 Å². The molecule has 0 bridgehead atoms. The Labute approximate surface area is 152 Å². The van der Waals surface area contributed by atoms with Crippen LogP contribution >= 0.6 is 0 Å². The average molecular weight is 371 g/mol. The van der Waals surface area contributed by atoms with Crippen molar-refractivity contribution in [1.29, 1.82) is 0 Å². The van der Waals surface area contributed by atoms with E-state index in [-0.39, 0.29) is 10.5 Å². The van der Waals surface area contributed by atoms with Gasteiger partial charge in [0.25, 0.3) is 0 Å². The van der Waals surface area contributed by atoms with Gasteiger partial charge in [-0.15, -0.1) is 0 Å². The van der Waals surface area contributed by atoms with E-state index in [1.165, 1.54) is 6.26 Å². The molecule has 3 aromatic rings. The molecule has 0 aliphatic rings. The summed E-state index contributed by atoms with van der Waals surface area (Å²) in [5.41, 5.74) is 3.64. The number of hydrogen-bond acceptors (Lipinski definition) is 3. The Hall–Kier alpha value is -2.60. The van der Waals surface area contributed by atoms with Gasteiger partial charge in [-0.2, -0.15) is 0 Å². The Morgan fingerprint density at radius 1 is 1.15 bits per heavy atom. The van der Waals surface area contributed by atoms with Gasteiger partial charge < -0.3 is 9.67 Å². The summed E-state index contributed by atoms with van der Waals surface area (Å²) < 4.78 is 25.8. The lowest BCUT2D eigenvalue weighted by atomic mass is 10.1. The van der Waals surface area contributed by atoms with Crippen LogP contribution < -0.4 is 0 Å². The molecule has 5 nitrogen and oxygen atoms in total. The molecule has 136 valence electrons. The molecule has 2 aromatic carbocycles. The smallest absolute Gasteiger partial charge is 0.336 e. The minimum atomic E-state index is -3.29. The molecular weight excluding hydrogens is 350 g/mol. The first-order chi connectivity index (χ1) is 12.2. The highest BCUT2D eigenvalue weighted by Gasteiger charge is 2.17. The third-order valence-corrected chi connectivity index (χ3v) is 5.67. The average Bonchev–Trinajstić information content (AvgIpc) is 2.91.